The van der Waals surface area contributed by atoms with Crippen molar-refractivity contribution in [3.05, 3.63) is 38.9 Å². The lowest BCUT2D eigenvalue weighted by Gasteiger charge is -2.09. The van der Waals surface area contributed by atoms with Gasteiger partial charge < -0.3 is 10.1 Å². The minimum Gasteiger partial charge on any atom is -0.390 e. The van der Waals surface area contributed by atoms with Crippen LogP contribution in [0.5, 0.6) is 0 Å². The molecule has 20 heavy (non-hydrogen) atoms. The van der Waals surface area contributed by atoms with Crippen LogP contribution in [0.25, 0.3) is 0 Å². The second-order valence-corrected chi connectivity index (χ2v) is 5.99. The molecule has 0 atom stereocenters. The number of aromatic nitrogens is 4. The van der Waals surface area contributed by atoms with Gasteiger partial charge in [-0.1, -0.05) is 17.7 Å². The maximum absolute atomic E-state index is 12.4. The summed E-state index contributed by atoms with van der Waals surface area (Å²) in [5.74, 6) is -0.865. The molecule has 0 unspecified atom stereocenters. The number of tetrazole rings is 1. The molecule has 0 spiro atoms. The fraction of sp³-hybridized carbons (Fsp3) is 0.300. The van der Waals surface area contributed by atoms with Crippen molar-refractivity contribution in [3.8, 4) is 0 Å². The van der Waals surface area contributed by atoms with Crippen LogP contribution < -0.4 is 0 Å². The summed E-state index contributed by atoms with van der Waals surface area (Å²) in [4.78, 5) is 9.60. The van der Waals surface area contributed by atoms with E-state index >= 15 is 0 Å². The first-order valence-electron chi connectivity index (χ1n) is 5.51. The molecule has 0 bridgehead atoms. The van der Waals surface area contributed by atoms with Crippen molar-refractivity contribution in [3.63, 3.8) is 0 Å². The van der Waals surface area contributed by atoms with Gasteiger partial charge in [0, 0.05) is 4.20 Å². The molecule has 0 aliphatic heterocycles. The number of hydrogen-bond acceptors (Lipinski definition) is 7. The fourth-order valence-corrected chi connectivity index (χ4v) is 3.43. The summed E-state index contributed by atoms with van der Waals surface area (Å²) in [7, 11) is -4.10. The SMILES string of the molecule is Cc1cc(C)c(S(=O)(=O)n2nnc([N+](=O)[O-])n2)c(C)c1. The largest absolute Gasteiger partial charge is 0.515 e. The molecule has 0 fully saturated rings. The number of benzene rings is 1. The van der Waals surface area contributed by atoms with Gasteiger partial charge in [0.25, 0.3) is 0 Å². The number of hydrogen-bond donors (Lipinski definition) is 0. The zero-order chi connectivity index (χ0) is 15.1. The van der Waals surface area contributed by atoms with Crippen LogP contribution in [0.15, 0.2) is 17.0 Å². The van der Waals surface area contributed by atoms with Gasteiger partial charge in [0.2, 0.25) is 0 Å². The van der Waals surface area contributed by atoms with Crippen LogP contribution in [-0.4, -0.2) is 33.0 Å². The third kappa shape index (κ3) is 2.25. The molecule has 0 saturated carbocycles. The highest BCUT2D eigenvalue weighted by Crippen LogP contribution is 2.23. The molecule has 0 aliphatic rings. The second-order valence-electron chi connectivity index (χ2n) is 4.30. The van der Waals surface area contributed by atoms with E-state index in [4.69, 9.17) is 0 Å². The van der Waals surface area contributed by atoms with Gasteiger partial charge in [0.05, 0.1) is 20.3 Å². The predicted octanol–water partition coefficient (Wildman–Crippen LogP) is 0.744. The van der Waals surface area contributed by atoms with Gasteiger partial charge in [-0.2, -0.15) is 8.42 Å². The van der Waals surface area contributed by atoms with Crippen molar-refractivity contribution in [1.29, 1.82) is 0 Å². The standard InChI is InChI=1S/C10H11N5O4S/c1-6-4-7(2)9(8(3)5-6)20(18,19)15-12-10(11-13-15)14(16)17/h4-5H,1-3H3. The third-order valence-electron chi connectivity index (χ3n) is 2.63. The summed E-state index contributed by atoms with van der Waals surface area (Å²) < 4.78 is 25.1. The highest BCUT2D eigenvalue weighted by Gasteiger charge is 2.30. The molecule has 0 aliphatic carbocycles. The number of rotatable bonds is 3. The van der Waals surface area contributed by atoms with Gasteiger partial charge in [-0.25, -0.2) is 0 Å². The van der Waals surface area contributed by atoms with E-state index in [0.29, 0.717) is 11.1 Å². The normalized spacial score (nSPS) is 11.6. The maximum Gasteiger partial charge on any atom is 0.515 e. The molecule has 1 aromatic heterocycles. The van der Waals surface area contributed by atoms with Crippen LogP contribution in [-0.2, 0) is 10.0 Å². The molecule has 10 heteroatoms. The summed E-state index contributed by atoms with van der Waals surface area (Å²) in [6.45, 7) is 5.12. The summed E-state index contributed by atoms with van der Waals surface area (Å²) in [5.41, 5.74) is 1.95. The summed E-state index contributed by atoms with van der Waals surface area (Å²) in [6.07, 6.45) is 0. The van der Waals surface area contributed by atoms with Gasteiger partial charge in [-0.15, -0.1) is 0 Å². The van der Waals surface area contributed by atoms with Gasteiger partial charge in [0.1, 0.15) is 0 Å². The molecule has 1 heterocycles. The molecular formula is C10H11N5O4S. The van der Waals surface area contributed by atoms with Crippen molar-refractivity contribution >= 4 is 16.0 Å². The first-order valence-corrected chi connectivity index (χ1v) is 6.95. The van der Waals surface area contributed by atoms with E-state index in [9.17, 15) is 18.5 Å². The van der Waals surface area contributed by atoms with E-state index in [1.54, 1.807) is 26.0 Å². The van der Waals surface area contributed by atoms with E-state index < -0.39 is 20.9 Å². The maximum atomic E-state index is 12.4. The topological polar surface area (TPSA) is 121 Å². The van der Waals surface area contributed by atoms with Crippen molar-refractivity contribution in [2.75, 3.05) is 0 Å². The third-order valence-corrected chi connectivity index (χ3v) is 4.37. The Morgan fingerprint density at radius 3 is 2.20 bits per heavy atom. The average Bonchev–Trinajstić information content (AvgIpc) is 2.76. The highest BCUT2D eigenvalue weighted by molar-refractivity contribution is 7.89. The molecule has 1 aromatic carbocycles. The van der Waals surface area contributed by atoms with E-state index in [1.165, 1.54) is 0 Å². The predicted molar refractivity (Wildman–Crippen MR) is 67.7 cm³/mol. The average molecular weight is 297 g/mol. The monoisotopic (exact) mass is 297 g/mol. The Kier molecular flexibility index (Phi) is 3.26. The van der Waals surface area contributed by atoms with Crippen molar-refractivity contribution < 1.29 is 13.3 Å². The summed E-state index contributed by atoms with van der Waals surface area (Å²) in [5, 5.41) is 20.1. The summed E-state index contributed by atoms with van der Waals surface area (Å²) >= 11 is 0. The zero-order valence-electron chi connectivity index (χ0n) is 10.9. The number of aryl methyl sites for hydroxylation is 3. The molecule has 0 amide bonds. The lowest BCUT2D eigenvalue weighted by Crippen LogP contribution is -2.19. The minimum absolute atomic E-state index is 0.0235. The Bertz CT molecular complexity index is 773. The number of nitro groups is 1. The minimum atomic E-state index is -4.10. The van der Waals surface area contributed by atoms with Crippen LogP contribution in [0.4, 0.5) is 5.95 Å². The number of nitrogens with zero attached hydrogens (tertiary/aromatic N) is 5. The lowest BCUT2D eigenvalue weighted by atomic mass is 10.1. The Balaban J connectivity index is 2.63. The fourth-order valence-electron chi connectivity index (χ4n) is 2.02. The summed E-state index contributed by atoms with van der Waals surface area (Å²) in [6, 6.07) is 3.40. The first kappa shape index (κ1) is 14.1. The molecule has 0 saturated heterocycles. The van der Waals surface area contributed by atoms with Crippen LogP contribution in [0.3, 0.4) is 0 Å². The van der Waals surface area contributed by atoms with Crippen LogP contribution in [0.2, 0.25) is 0 Å². The Morgan fingerprint density at radius 2 is 1.75 bits per heavy atom. The zero-order valence-corrected chi connectivity index (χ0v) is 11.7. The van der Waals surface area contributed by atoms with E-state index in [1.807, 2.05) is 6.92 Å². The van der Waals surface area contributed by atoms with Gasteiger partial charge in [-0.05, 0) is 36.8 Å². The lowest BCUT2D eigenvalue weighted by molar-refractivity contribution is -0.394. The van der Waals surface area contributed by atoms with Gasteiger partial charge >= 0.3 is 16.0 Å². The smallest absolute Gasteiger partial charge is 0.390 e. The highest BCUT2D eigenvalue weighted by atomic mass is 32.2. The van der Waals surface area contributed by atoms with Crippen molar-refractivity contribution in [1.82, 2.24) is 19.6 Å². The van der Waals surface area contributed by atoms with Crippen molar-refractivity contribution in [2.24, 2.45) is 0 Å². The molecule has 2 rings (SSSR count). The van der Waals surface area contributed by atoms with Crippen LogP contribution in [0.1, 0.15) is 16.7 Å². The Labute approximate surface area is 114 Å². The molecule has 106 valence electrons. The van der Waals surface area contributed by atoms with E-state index in [0.717, 1.165) is 5.56 Å². The van der Waals surface area contributed by atoms with Crippen LogP contribution in [0, 0.1) is 30.9 Å². The quantitative estimate of drug-likeness (QED) is 0.605. The van der Waals surface area contributed by atoms with E-state index in [-0.39, 0.29) is 9.10 Å². The van der Waals surface area contributed by atoms with Gasteiger partial charge in [0.15, 0.2) is 0 Å². The molecular weight excluding hydrogens is 286 g/mol. The first-order chi connectivity index (χ1) is 9.23. The molecule has 0 N–H and O–H groups in total. The van der Waals surface area contributed by atoms with Gasteiger partial charge in [-0.3, -0.25) is 0 Å². The van der Waals surface area contributed by atoms with Crippen molar-refractivity contribution in [2.45, 2.75) is 25.7 Å². The van der Waals surface area contributed by atoms with E-state index in [2.05, 4.69) is 15.4 Å². The molecule has 0 radical (unpaired) electrons. The Morgan fingerprint density at radius 1 is 1.20 bits per heavy atom. The molecule has 9 nitrogen and oxygen atoms in total. The second kappa shape index (κ2) is 4.63. The van der Waals surface area contributed by atoms with Crippen LogP contribution >= 0.6 is 0 Å². The molecule has 2 aromatic rings. The Hall–Kier alpha value is -2.36.